The van der Waals surface area contributed by atoms with Crippen molar-refractivity contribution in [3.8, 4) is 0 Å². The molecule has 6 nitrogen and oxygen atoms in total. The monoisotopic (exact) mass is 468 g/mol. The van der Waals surface area contributed by atoms with E-state index < -0.39 is 11.9 Å². The van der Waals surface area contributed by atoms with Crippen LogP contribution in [-0.2, 0) is 33.8 Å². The predicted octanol–water partition coefficient (Wildman–Crippen LogP) is 2.95. The van der Waals surface area contributed by atoms with Gasteiger partial charge in [-0.15, -0.1) is 0 Å². The number of piperidine rings is 1. The van der Waals surface area contributed by atoms with E-state index in [-0.39, 0.29) is 24.0 Å². The third-order valence-corrected chi connectivity index (χ3v) is 6.12. The number of hydrogen-bond acceptors (Lipinski definition) is 4. The fourth-order valence-corrected chi connectivity index (χ4v) is 4.25. The van der Waals surface area contributed by atoms with Crippen LogP contribution in [0.5, 0.6) is 0 Å². The Morgan fingerprint density at radius 1 is 1.07 bits per heavy atom. The Morgan fingerprint density at radius 3 is 2.53 bits per heavy atom. The topological polar surface area (TPSA) is 83.6 Å². The number of halogens is 1. The molecule has 2 aliphatic rings. The second-order valence-electron chi connectivity index (χ2n) is 7.73. The van der Waals surface area contributed by atoms with E-state index in [0.29, 0.717) is 37.8 Å². The van der Waals surface area contributed by atoms with Gasteiger partial charge in [0.2, 0.25) is 11.8 Å². The van der Waals surface area contributed by atoms with E-state index in [2.05, 4.69) is 21.2 Å². The third-order valence-electron chi connectivity index (χ3n) is 5.60. The van der Waals surface area contributed by atoms with Crippen molar-refractivity contribution in [2.45, 2.75) is 44.7 Å². The van der Waals surface area contributed by atoms with Crippen LogP contribution < -0.4 is 5.32 Å². The van der Waals surface area contributed by atoms with Crippen LogP contribution >= 0.6 is 15.9 Å². The van der Waals surface area contributed by atoms with Gasteiger partial charge < -0.3 is 4.90 Å². The molecule has 3 amide bonds. The molecule has 1 atom stereocenters. The highest BCUT2D eigenvalue weighted by atomic mass is 79.9. The van der Waals surface area contributed by atoms with Crippen molar-refractivity contribution in [3.63, 3.8) is 0 Å². The average Bonchev–Trinajstić information content (AvgIpc) is 3.04. The van der Waals surface area contributed by atoms with Crippen molar-refractivity contribution in [2.75, 3.05) is 0 Å². The number of imide groups is 1. The Hall–Kier alpha value is -2.80. The number of nitrogens with one attached hydrogen (secondary N) is 1. The molecule has 0 bridgehead atoms. The molecule has 2 heterocycles. The lowest BCUT2D eigenvalue weighted by Crippen LogP contribution is -2.52. The van der Waals surface area contributed by atoms with E-state index in [1.807, 2.05) is 36.4 Å². The van der Waals surface area contributed by atoms with Gasteiger partial charge in [0.25, 0.3) is 5.91 Å². The molecule has 4 rings (SSSR count). The van der Waals surface area contributed by atoms with Crippen molar-refractivity contribution in [1.82, 2.24) is 10.2 Å². The maximum atomic E-state index is 12.7. The van der Waals surface area contributed by atoms with Gasteiger partial charge in [-0.1, -0.05) is 40.2 Å². The van der Waals surface area contributed by atoms with Crippen LogP contribution in [0.15, 0.2) is 46.9 Å². The van der Waals surface area contributed by atoms with Gasteiger partial charge in [0, 0.05) is 35.8 Å². The molecule has 0 aromatic heterocycles. The minimum atomic E-state index is -0.612. The lowest BCUT2D eigenvalue weighted by Gasteiger charge is -2.29. The molecule has 0 saturated carbocycles. The zero-order valence-corrected chi connectivity index (χ0v) is 17.9. The van der Waals surface area contributed by atoms with E-state index in [9.17, 15) is 19.2 Å². The van der Waals surface area contributed by atoms with Crippen LogP contribution in [0.2, 0.25) is 0 Å². The first-order chi connectivity index (χ1) is 14.4. The summed E-state index contributed by atoms with van der Waals surface area (Å²) in [4.78, 5) is 50.1. The molecule has 0 aliphatic carbocycles. The predicted molar refractivity (Wildman–Crippen MR) is 114 cm³/mol. The van der Waals surface area contributed by atoms with Gasteiger partial charge in [-0.25, -0.2) is 0 Å². The summed E-state index contributed by atoms with van der Waals surface area (Å²) >= 11 is 3.39. The van der Waals surface area contributed by atoms with E-state index in [4.69, 9.17) is 0 Å². The van der Waals surface area contributed by atoms with E-state index in [1.54, 1.807) is 6.07 Å². The Bertz CT molecular complexity index is 1030. The number of benzene rings is 2. The van der Waals surface area contributed by atoms with Crippen molar-refractivity contribution in [3.05, 3.63) is 69.2 Å². The molecule has 0 spiro atoms. The maximum Gasteiger partial charge on any atom is 0.255 e. The van der Waals surface area contributed by atoms with E-state index >= 15 is 0 Å². The van der Waals surface area contributed by atoms with Gasteiger partial charge >= 0.3 is 0 Å². The second kappa shape index (κ2) is 8.52. The Morgan fingerprint density at radius 2 is 1.80 bits per heavy atom. The molecule has 30 heavy (non-hydrogen) atoms. The standard InChI is InChI=1S/C23H21BrN2O4/c24-17-5-1-15(2-6-17)12-18(27)7-3-14-4-8-19-16(11-14)13-26(23(19)30)20-9-10-21(28)25-22(20)29/h1-2,4-6,8,11,20H,3,7,9-10,12-13H2,(H,25,28,29). The van der Waals surface area contributed by atoms with Crippen LogP contribution in [0.4, 0.5) is 0 Å². The summed E-state index contributed by atoms with van der Waals surface area (Å²) in [5, 5.41) is 2.31. The number of hydrogen-bond donors (Lipinski definition) is 1. The molecule has 1 N–H and O–H groups in total. The molecule has 1 saturated heterocycles. The Balaban J connectivity index is 1.38. The summed E-state index contributed by atoms with van der Waals surface area (Å²) in [7, 11) is 0. The van der Waals surface area contributed by atoms with Crippen LogP contribution in [-0.4, -0.2) is 34.4 Å². The molecule has 2 aromatic rings. The van der Waals surface area contributed by atoms with Crippen molar-refractivity contribution >= 4 is 39.4 Å². The summed E-state index contributed by atoms with van der Waals surface area (Å²) in [5.74, 6) is -0.724. The highest BCUT2D eigenvalue weighted by molar-refractivity contribution is 9.10. The third kappa shape index (κ3) is 4.36. The zero-order valence-electron chi connectivity index (χ0n) is 16.3. The number of ketones is 1. The normalized spacial score (nSPS) is 18.4. The van der Waals surface area contributed by atoms with Crippen LogP contribution in [0, 0.1) is 0 Å². The largest absolute Gasteiger partial charge is 0.322 e. The lowest BCUT2D eigenvalue weighted by molar-refractivity contribution is -0.137. The molecule has 0 radical (unpaired) electrons. The van der Waals surface area contributed by atoms with E-state index in [1.165, 1.54) is 4.90 Å². The number of carbonyl (C=O) groups excluding carboxylic acids is 4. The maximum absolute atomic E-state index is 12.7. The lowest BCUT2D eigenvalue weighted by atomic mass is 10.00. The highest BCUT2D eigenvalue weighted by Gasteiger charge is 2.39. The fourth-order valence-electron chi connectivity index (χ4n) is 3.99. The van der Waals surface area contributed by atoms with Crippen molar-refractivity contribution in [2.24, 2.45) is 0 Å². The average molecular weight is 469 g/mol. The smallest absolute Gasteiger partial charge is 0.255 e. The summed E-state index contributed by atoms with van der Waals surface area (Å²) < 4.78 is 0.984. The molecule has 154 valence electrons. The van der Waals surface area contributed by atoms with E-state index in [0.717, 1.165) is 21.2 Å². The number of Topliss-reactive ketones (excluding diaryl/α,β-unsaturated/α-hetero) is 1. The first kappa shape index (κ1) is 20.5. The van der Waals surface area contributed by atoms with Gasteiger partial charge in [0.15, 0.2) is 0 Å². The molecule has 7 heteroatoms. The molecule has 2 aliphatic heterocycles. The van der Waals surface area contributed by atoms with Gasteiger partial charge in [0.1, 0.15) is 11.8 Å². The second-order valence-corrected chi connectivity index (χ2v) is 8.65. The number of rotatable bonds is 6. The number of nitrogens with zero attached hydrogens (tertiary/aromatic N) is 1. The fraction of sp³-hybridized carbons (Fsp3) is 0.304. The van der Waals surface area contributed by atoms with Gasteiger partial charge in [-0.3, -0.25) is 24.5 Å². The van der Waals surface area contributed by atoms with Gasteiger partial charge in [0.05, 0.1) is 0 Å². The number of aryl methyl sites for hydroxylation is 1. The van der Waals surface area contributed by atoms with Gasteiger partial charge in [-0.05, 0) is 47.7 Å². The first-order valence-electron chi connectivity index (χ1n) is 9.93. The molecular formula is C23H21BrN2O4. The van der Waals surface area contributed by atoms with Crippen molar-refractivity contribution in [1.29, 1.82) is 0 Å². The quantitative estimate of drug-likeness (QED) is 0.660. The minimum Gasteiger partial charge on any atom is -0.322 e. The van der Waals surface area contributed by atoms with Crippen LogP contribution in [0.1, 0.15) is 46.3 Å². The summed E-state index contributed by atoms with van der Waals surface area (Å²) in [6, 6.07) is 12.7. The summed E-state index contributed by atoms with van der Waals surface area (Å²) in [5.41, 5.74) is 3.44. The van der Waals surface area contributed by atoms with Gasteiger partial charge in [-0.2, -0.15) is 0 Å². The SMILES string of the molecule is O=C(CCc1ccc2c(c1)CN(C1CCC(=O)NC1=O)C2=O)Cc1ccc(Br)cc1. The first-order valence-corrected chi connectivity index (χ1v) is 10.7. The molecular weight excluding hydrogens is 448 g/mol. The number of carbonyl (C=O) groups is 4. The van der Waals surface area contributed by atoms with Crippen molar-refractivity contribution < 1.29 is 19.2 Å². The summed E-state index contributed by atoms with van der Waals surface area (Å²) in [6.07, 6.45) is 2.03. The molecule has 1 fully saturated rings. The molecule has 2 aromatic carbocycles. The zero-order chi connectivity index (χ0) is 21.3. The minimum absolute atomic E-state index is 0.166. The van der Waals surface area contributed by atoms with Crippen LogP contribution in [0.25, 0.3) is 0 Å². The number of amides is 3. The Kier molecular flexibility index (Phi) is 5.81. The molecule has 1 unspecified atom stereocenters. The highest BCUT2D eigenvalue weighted by Crippen LogP contribution is 2.28. The summed E-state index contributed by atoms with van der Waals surface area (Å²) in [6.45, 7) is 0.348. The number of fused-ring (bicyclic) bond motifs is 1. The van der Waals surface area contributed by atoms with Crippen LogP contribution in [0.3, 0.4) is 0 Å². The Labute approximate surface area is 182 Å².